The van der Waals surface area contributed by atoms with Gasteiger partial charge in [-0.15, -0.1) is 21.8 Å². The van der Waals surface area contributed by atoms with E-state index in [0.29, 0.717) is 48.8 Å². The molecule has 0 fully saturated rings. The molecule has 1 aliphatic rings. The molecule has 0 bridgehead atoms. The zero-order chi connectivity index (χ0) is 13.1. The SMILES string of the molecule is ClCCCc1nnc(-c2cccc3c2OCCO3)o1. The number of halogens is 1. The molecule has 1 aliphatic heterocycles. The molecule has 0 spiro atoms. The summed E-state index contributed by atoms with van der Waals surface area (Å²) in [6, 6.07) is 5.63. The van der Waals surface area contributed by atoms with E-state index in [1.807, 2.05) is 18.2 Å². The number of para-hydroxylation sites is 1. The highest BCUT2D eigenvalue weighted by Gasteiger charge is 2.20. The molecule has 0 atom stereocenters. The van der Waals surface area contributed by atoms with Crippen LogP contribution in [0.25, 0.3) is 11.5 Å². The van der Waals surface area contributed by atoms with Crippen molar-refractivity contribution in [3.05, 3.63) is 24.1 Å². The van der Waals surface area contributed by atoms with Crippen molar-refractivity contribution < 1.29 is 13.9 Å². The maximum absolute atomic E-state index is 5.64. The van der Waals surface area contributed by atoms with Gasteiger partial charge >= 0.3 is 0 Å². The van der Waals surface area contributed by atoms with Gasteiger partial charge in [0.15, 0.2) is 11.5 Å². The number of aryl methyl sites for hydroxylation is 1. The summed E-state index contributed by atoms with van der Waals surface area (Å²) in [7, 11) is 0. The van der Waals surface area contributed by atoms with Crippen LogP contribution in [-0.2, 0) is 6.42 Å². The summed E-state index contributed by atoms with van der Waals surface area (Å²) < 4.78 is 16.8. The monoisotopic (exact) mass is 280 g/mol. The Kier molecular flexibility index (Phi) is 3.55. The van der Waals surface area contributed by atoms with Gasteiger partial charge in [-0.3, -0.25) is 0 Å². The Bertz CT molecular complexity index is 571. The molecule has 19 heavy (non-hydrogen) atoms. The molecule has 5 nitrogen and oxygen atoms in total. The Morgan fingerprint density at radius 3 is 2.95 bits per heavy atom. The molecule has 2 heterocycles. The standard InChI is InChI=1S/C13H13ClN2O3/c14-6-2-5-11-15-16-13(19-11)9-3-1-4-10-12(9)18-8-7-17-10/h1,3-4H,2,5-8H2. The predicted octanol–water partition coefficient (Wildman–Crippen LogP) is 2.68. The first-order valence-corrected chi connectivity index (χ1v) is 6.69. The molecule has 100 valence electrons. The number of benzene rings is 1. The van der Waals surface area contributed by atoms with Crippen LogP contribution in [0.4, 0.5) is 0 Å². The maximum Gasteiger partial charge on any atom is 0.251 e. The highest BCUT2D eigenvalue weighted by Crippen LogP contribution is 2.39. The van der Waals surface area contributed by atoms with Crippen molar-refractivity contribution in [1.29, 1.82) is 0 Å². The van der Waals surface area contributed by atoms with Gasteiger partial charge in [-0.1, -0.05) is 6.07 Å². The van der Waals surface area contributed by atoms with Crippen LogP contribution in [0.1, 0.15) is 12.3 Å². The van der Waals surface area contributed by atoms with Gasteiger partial charge < -0.3 is 13.9 Å². The van der Waals surface area contributed by atoms with Crippen LogP contribution >= 0.6 is 11.6 Å². The third-order valence-corrected chi connectivity index (χ3v) is 3.05. The van der Waals surface area contributed by atoms with Gasteiger partial charge in [0, 0.05) is 12.3 Å². The van der Waals surface area contributed by atoms with E-state index in [-0.39, 0.29) is 0 Å². The Balaban J connectivity index is 1.91. The van der Waals surface area contributed by atoms with Crippen molar-refractivity contribution in [2.45, 2.75) is 12.8 Å². The first-order valence-electron chi connectivity index (χ1n) is 6.16. The number of nitrogens with zero attached hydrogens (tertiary/aromatic N) is 2. The Hall–Kier alpha value is -1.75. The van der Waals surface area contributed by atoms with Crippen LogP contribution in [0.2, 0.25) is 0 Å². The zero-order valence-electron chi connectivity index (χ0n) is 10.3. The van der Waals surface area contributed by atoms with Gasteiger partial charge in [0.2, 0.25) is 5.89 Å². The molecular formula is C13H13ClN2O3. The summed E-state index contributed by atoms with van der Waals surface area (Å²) in [6.45, 7) is 1.08. The largest absolute Gasteiger partial charge is 0.486 e. The van der Waals surface area contributed by atoms with Gasteiger partial charge in [-0.2, -0.15) is 0 Å². The lowest BCUT2D eigenvalue weighted by molar-refractivity contribution is 0.172. The van der Waals surface area contributed by atoms with Gasteiger partial charge in [0.1, 0.15) is 13.2 Å². The second-order valence-corrected chi connectivity index (χ2v) is 4.50. The van der Waals surface area contributed by atoms with Crippen LogP contribution in [-0.4, -0.2) is 29.3 Å². The quantitative estimate of drug-likeness (QED) is 0.806. The second-order valence-electron chi connectivity index (χ2n) is 4.12. The number of aromatic nitrogens is 2. The average Bonchev–Trinajstić information content (AvgIpc) is 2.93. The molecule has 0 amide bonds. The average molecular weight is 281 g/mol. The molecule has 1 aromatic heterocycles. The predicted molar refractivity (Wildman–Crippen MR) is 69.8 cm³/mol. The molecule has 3 rings (SSSR count). The van der Waals surface area contributed by atoms with Gasteiger partial charge in [0.05, 0.1) is 5.56 Å². The van der Waals surface area contributed by atoms with E-state index in [1.54, 1.807) is 0 Å². The van der Waals surface area contributed by atoms with E-state index < -0.39 is 0 Å². The lowest BCUT2D eigenvalue weighted by Crippen LogP contribution is -2.15. The summed E-state index contributed by atoms with van der Waals surface area (Å²) >= 11 is 5.64. The molecular weight excluding hydrogens is 268 g/mol. The third kappa shape index (κ3) is 2.51. The number of alkyl halides is 1. The van der Waals surface area contributed by atoms with Crippen LogP contribution in [0.3, 0.4) is 0 Å². The van der Waals surface area contributed by atoms with Crippen molar-refractivity contribution >= 4 is 11.6 Å². The minimum atomic E-state index is 0.451. The van der Waals surface area contributed by atoms with Crippen molar-refractivity contribution in [3.8, 4) is 23.0 Å². The van der Waals surface area contributed by atoms with Crippen LogP contribution in [0.5, 0.6) is 11.5 Å². The molecule has 0 radical (unpaired) electrons. The minimum Gasteiger partial charge on any atom is -0.486 e. The summed E-state index contributed by atoms with van der Waals surface area (Å²) in [5.74, 6) is 3.00. The molecule has 0 saturated carbocycles. The van der Waals surface area contributed by atoms with E-state index in [2.05, 4.69) is 10.2 Å². The van der Waals surface area contributed by atoms with Crippen molar-refractivity contribution in [3.63, 3.8) is 0 Å². The lowest BCUT2D eigenvalue weighted by atomic mass is 10.2. The number of hydrogen-bond donors (Lipinski definition) is 0. The maximum atomic E-state index is 5.64. The van der Waals surface area contributed by atoms with E-state index in [9.17, 15) is 0 Å². The zero-order valence-corrected chi connectivity index (χ0v) is 11.0. The summed E-state index contributed by atoms with van der Waals surface area (Å²) in [5.41, 5.74) is 0.766. The number of ether oxygens (including phenoxy) is 2. The lowest BCUT2D eigenvalue weighted by Gasteiger charge is -2.19. The summed E-state index contributed by atoms with van der Waals surface area (Å²) in [6.07, 6.45) is 1.50. The number of fused-ring (bicyclic) bond motifs is 1. The fourth-order valence-corrected chi connectivity index (χ4v) is 2.06. The summed E-state index contributed by atoms with van der Waals surface area (Å²) in [5, 5.41) is 8.06. The first-order chi connectivity index (χ1) is 9.38. The van der Waals surface area contributed by atoms with Crippen molar-refractivity contribution in [2.24, 2.45) is 0 Å². The number of rotatable bonds is 4. The molecule has 0 N–H and O–H groups in total. The first kappa shape index (κ1) is 12.3. The van der Waals surface area contributed by atoms with Gasteiger partial charge in [-0.05, 0) is 18.6 Å². The molecule has 1 aromatic carbocycles. The van der Waals surface area contributed by atoms with Crippen molar-refractivity contribution in [1.82, 2.24) is 10.2 Å². The Morgan fingerprint density at radius 1 is 1.16 bits per heavy atom. The Morgan fingerprint density at radius 2 is 2.05 bits per heavy atom. The Labute approximate surface area is 115 Å². The normalized spacial score (nSPS) is 13.5. The van der Waals surface area contributed by atoms with Gasteiger partial charge in [0.25, 0.3) is 5.89 Å². The van der Waals surface area contributed by atoms with Crippen molar-refractivity contribution in [2.75, 3.05) is 19.1 Å². The van der Waals surface area contributed by atoms with E-state index >= 15 is 0 Å². The molecule has 0 saturated heterocycles. The highest BCUT2D eigenvalue weighted by atomic mass is 35.5. The summed E-state index contributed by atoms with van der Waals surface area (Å²) in [4.78, 5) is 0. The topological polar surface area (TPSA) is 57.4 Å². The molecule has 0 aliphatic carbocycles. The van der Waals surface area contributed by atoms with Crippen LogP contribution < -0.4 is 9.47 Å². The van der Waals surface area contributed by atoms with E-state index in [4.69, 9.17) is 25.5 Å². The van der Waals surface area contributed by atoms with Gasteiger partial charge in [-0.25, -0.2) is 0 Å². The molecule has 0 unspecified atom stereocenters. The number of hydrogen-bond acceptors (Lipinski definition) is 5. The van der Waals surface area contributed by atoms with Crippen LogP contribution in [0.15, 0.2) is 22.6 Å². The second kappa shape index (κ2) is 5.48. The molecule has 6 heteroatoms. The van der Waals surface area contributed by atoms with Crippen LogP contribution in [0, 0.1) is 0 Å². The fraction of sp³-hybridized carbons (Fsp3) is 0.385. The smallest absolute Gasteiger partial charge is 0.251 e. The third-order valence-electron chi connectivity index (χ3n) is 2.79. The fourth-order valence-electron chi connectivity index (χ4n) is 1.92. The minimum absolute atomic E-state index is 0.451. The van der Waals surface area contributed by atoms with E-state index in [0.717, 1.165) is 12.0 Å². The highest BCUT2D eigenvalue weighted by molar-refractivity contribution is 6.17. The van der Waals surface area contributed by atoms with E-state index in [1.165, 1.54) is 0 Å². The molecule has 2 aromatic rings.